The standard InChI is InChI=1S/C19H17FN4O/c1-12-3-4-13(15-7-16(20)11-22-9-15)8-17(12)24-19(25)14-5-6-18(21-2)23-10-14/h3-11H,1-2H3,(H,21,23)(H,24,25). The van der Waals surface area contributed by atoms with Gasteiger partial charge in [-0.1, -0.05) is 12.1 Å². The molecule has 2 heterocycles. The van der Waals surface area contributed by atoms with Crippen LogP contribution in [0.5, 0.6) is 0 Å². The molecule has 0 spiro atoms. The Morgan fingerprint density at radius 2 is 1.88 bits per heavy atom. The summed E-state index contributed by atoms with van der Waals surface area (Å²) in [5.74, 6) is 0.0282. The summed E-state index contributed by atoms with van der Waals surface area (Å²) in [6, 6.07) is 10.4. The van der Waals surface area contributed by atoms with Gasteiger partial charge < -0.3 is 10.6 Å². The number of hydrogen-bond acceptors (Lipinski definition) is 4. The summed E-state index contributed by atoms with van der Waals surface area (Å²) in [7, 11) is 1.76. The minimum absolute atomic E-state index is 0.257. The topological polar surface area (TPSA) is 66.9 Å². The highest BCUT2D eigenvalue weighted by Gasteiger charge is 2.10. The molecular formula is C19H17FN4O. The highest BCUT2D eigenvalue weighted by molar-refractivity contribution is 6.04. The van der Waals surface area contributed by atoms with Crippen molar-refractivity contribution in [3.63, 3.8) is 0 Å². The van der Waals surface area contributed by atoms with Crippen LogP contribution in [-0.2, 0) is 0 Å². The summed E-state index contributed by atoms with van der Waals surface area (Å²) in [5.41, 5.74) is 3.44. The van der Waals surface area contributed by atoms with E-state index in [0.29, 0.717) is 22.6 Å². The first kappa shape index (κ1) is 16.6. The zero-order chi connectivity index (χ0) is 17.8. The van der Waals surface area contributed by atoms with Crippen molar-refractivity contribution in [2.45, 2.75) is 6.92 Å². The molecule has 0 unspecified atom stereocenters. The third kappa shape index (κ3) is 3.80. The normalized spacial score (nSPS) is 10.4. The van der Waals surface area contributed by atoms with Crippen LogP contribution in [0.3, 0.4) is 0 Å². The van der Waals surface area contributed by atoms with Gasteiger partial charge in [-0.3, -0.25) is 9.78 Å². The molecule has 0 aliphatic heterocycles. The Kier molecular flexibility index (Phi) is 4.70. The Labute approximate surface area is 145 Å². The molecule has 3 rings (SSSR count). The van der Waals surface area contributed by atoms with Gasteiger partial charge >= 0.3 is 0 Å². The second-order valence-electron chi connectivity index (χ2n) is 5.56. The molecule has 0 atom stereocenters. The molecule has 0 radical (unpaired) electrons. The average Bonchev–Trinajstić information content (AvgIpc) is 2.63. The number of rotatable bonds is 4. The van der Waals surface area contributed by atoms with Crippen molar-refractivity contribution in [3.8, 4) is 11.1 Å². The maximum atomic E-state index is 13.4. The molecule has 6 heteroatoms. The van der Waals surface area contributed by atoms with Crippen molar-refractivity contribution in [2.24, 2.45) is 0 Å². The third-order valence-electron chi connectivity index (χ3n) is 3.81. The zero-order valence-corrected chi connectivity index (χ0v) is 13.9. The number of amides is 1. The minimum Gasteiger partial charge on any atom is -0.373 e. The second kappa shape index (κ2) is 7.09. The molecule has 0 aliphatic carbocycles. The van der Waals surface area contributed by atoms with Crippen LogP contribution in [0.15, 0.2) is 55.0 Å². The number of aryl methyl sites for hydroxylation is 1. The molecule has 1 amide bonds. The van der Waals surface area contributed by atoms with Gasteiger partial charge in [-0.2, -0.15) is 0 Å². The lowest BCUT2D eigenvalue weighted by atomic mass is 10.0. The number of hydrogen-bond donors (Lipinski definition) is 2. The Balaban J connectivity index is 1.86. The monoisotopic (exact) mass is 336 g/mol. The SMILES string of the molecule is CNc1ccc(C(=O)Nc2cc(-c3cncc(F)c3)ccc2C)cn1. The van der Waals surface area contributed by atoms with Gasteiger partial charge in [0.1, 0.15) is 11.6 Å². The summed E-state index contributed by atoms with van der Waals surface area (Å²) in [6.07, 6.45) is 4.25. The van der Waals surface area contributed by atoms with E-state index in [9.17, 15) is 9.18 Å². The van der Waals surface area contributed by atoms with E-state index in [1.165, 1.54) is 12.3 Å². The van der Waals surface area contributed by atoms with Gasteiger partial charge in [-0.25, -0.2) is 9.37 Å². The Hall–Kier alpha value is -3.28. The van der Waals surface area contributed by atoms with Crippen LogP contribution in [0, 0.1) is 12.7 Å². The molecule has 0 saturated heterocycles. The summed E-state index contributed by atoms with van der Waals surface area (Å²) < 4.78 is 13.4. The van der Waals surface area contributed by atoms with Crippen LogP contribution >= 0.6 is 0 Å². The molecule has 126 valence electrons. The van der Waals surface area contributed by atoms with E-state index in [2.05, 4.69) is 20.6 Å². The van der Waals surface area contributed by atoms with E-state index in [1.54, 1.807) is 31.4 Å². The summed E-state index contributed by atoms with van der Waals surface area (Å²) >= 11 is 0. The van der Waals surface area contributed by atoms with E-state index >= 15 is 0 Å². The highest BCUT2D eigenvalue weighted by atomic mass is 19.1. The van der Waals surface area contributed by atoms with Gasteiger partial charge in [0.25, 0.3) is 5.91 Å². The molecule has 0 aliphatic rings. The minimum atomic E-state index is -0.403. The number of nitrogens with zero attached hydrogens (tertiary/aromatic N) is 2. The summed E-state index contributed by atoms with van der Waals surface area (Å²) in [4.78, 5) is 20.4. The summed E-state index contributed by atoms with van der Waals surface area (Å²) in [5, 5.41) is 5.78. The van der Waals surface area contributed by atoms with E-state index in [1.807, 2.05) is 19.1 Å². The third-order valence-corrected chi connectivity index (χ3v) is 3.81. The maximum Gasteiger partial charge on any atom is 0.257 e. The van der Waals surface area contributed by atoms with Crippen molar-refractivity contribution in [1.29, 1.82) is 0 Å². The first-order valence-electron chi connectivity index (χ1n) is 7.73. The molecule has 2 aromatic heterocycles. The van der Waals surface area contributed by atoms with Gasteiger partial charge in [0, 0.05) is 30.7 Å². The fourth-order valence-corrected chi connectivity index (χ4v) is 2.38. The number of pyridine rings is 2. The summed E-state index contributed by atoms with van der Waals surface area (Å²) in [6.45, 7) is 1.89. The number of halogens is 1. The van der Waals surface area contributed by atoms with Gasteiger partial charge in [0.05, 0.1) is 11.8 Å². The molecule has 0 bridgehead atoms. The van der Waals surface area contributed by atoms with E-state index in [4.69, 9.17) is 0 Å². The zero-order valence-electron chi connectivity index (χ0n) is 13.9. The van der Waals surface area contributed by atoms with Crippen molar-refractivity contribution < 1.29 is 9.18 Å². The number of aromatic nitrogens is 2. The second-order valence-corrected chi connectivity index (χ2v) is 5.56. The van der Waals surface area contributed by atoms with Crippen molar-refractivity contribution in [1.82, 2.24) is 9.97 Å². The van der Waals surface area contributed by atoms with Crippen molar-refractivity contribution in [2.75, 3.05) is 17.7 Å². The largest absolute Gasteiger partial charge is 0.373 e. The molecular weight excluding hydrogens is 319 g/mol. The quantitative estimate of drug-likeness (QED) is 0.759. The van der Waals surface area contributed by atoms with Crippen LogP contribution in [-0.4, -0.2) is 22.9 Å². The van der Waals surface area contributed by atoms with E-state index in [0.717, 1.165) is 17.3 Å². The van der Waals surface area contributed by atoms with Crippen LogP contribution in [0.25, 0.3) is 11.1 Å². The van der Waals surface area contributed by atoms with Crippen LogP contribution < -0.4 is 10.6 Å². The van der Waals surface area contributed by atoms with Crippen molar-refractivity contribution >= 4 is 17.4 Å². The van der Waals surface area contributed by atoms with Crippen LogP contribution in [0.1, 0.15) is 15.9 Å². The maximum absolute atomic E-state index is 13.4. The Morgan fingerprint density at radius 1 is 1.04 bits per heavy atom. The van der Waals surface area contributed by atoms with Gasteiger partial charge in [0.2, 0.25) is 0 Å². The van der Waals surface area contributed by atoms with Gasteiger partial charge in [0.15, 0.2) is 0 Å². The predicted molar refractivity (Wildman–Crippen MR) is 96.1 cm³/mol. The number of nitrogens with one attached hydrogen (secondary N) is 2. The lowest BCUT2D eigenvalue weighted by molar-refractivity contribution is 0.102. The Bertz CT molecular complexity index is 910. The first-order chi connectivity index (χ1) is 12.1. The number of benzene rings is 1. The molecule has 0 fully saturated rings. The van der Waals surface area contributed by atoms with Crippen LogP contribution in [0.2, 0.25) is 0 Å². The fourth-order valence-electron chi connectivity index (χ4n) is 2.38. The van der Waals surface area contributed by atoms with E-state index in [-0.39, 0.29) is 5.91 Å². The average molecular weight is 336 g/mol. The number of carbonyl (C=O) groups excluding carboxylic acids is 1. The first-order valence-corrected chi connectivity index (χ1v) is 7.73. The number of carbonyl (C=O) groups is 1. The lowest BCUT2D eigenvalue weighted by Gasteiger charge is -2.11. The molecule has 2 N–H and O–H groups in total. The van der Waals surface area contributed by atoms with Gasteiger partial charge in [-0.15, -0.1) is 0 Å². The molecule has 5 nitrogen and oxygen atoms in total. The molecule has 0 saturated carbocycles. The lowest BCUT2D eigenvalue weighted by Crippen LogP contribution is -2.13. The van der Waals surface area contributed by atoms with Crippen molar-refractivity contribution in [3.05, 3.63) is 71.9 Å². The molecule has 3 aromatic rings. The number of anilines is 2. The smallest absolute Gasteiger partial charge is 0.257 e. The van der Waals surface area contributed by atoms with Gasteiger partial charge in [-0.05, 0) is 42.3 Å². The Morgan fingerprint density at radius 3 is 2.56 bits per heavy atom. The van der Waals surface area contributed by atoms with E-state index < -0.39 is 5.82 Å². The molecule has 1 aromatic carbocycles. The van der Waals surface area contributed by atoms with Crippen LogP contribution in [0.4, 0.5) is 15.9 Å². The predicted octanol–water partition coefficient (Wildman–Crippen LogP) is 3.89. The highest BCUT2D eigenvalue weighted by Crippen LogP contribution is 2.25. The molecule has 25 heavy (non-hydrogen) atoms. The fraction of sp³-hybridized carbons (Fsp3) is 0.105.